The third kappa shape index (κ3) is 2.62. The number of hydrogen-bond donors (Lipinski definition) is 1. The number of benzene rings is 1. The Morgan fingerprint density at radius 3 is 2.62 bits per heavy atom. The fourth-order valence-electron chi connectivity index (χ4n) is 2.72. The number of nitrogens with zero attached hydrogens (tertiary/aromatic N) is 2. The molecule has 3 rings (SSSR count). The largest absolute Gasteiger partial charge is 0.495 e. The van der Waals surface area contributed by atoms with E-state index in [1.807, 2.05) is 31.2 Å². The van der Waals surface area contributed by atoms with Crippen LogP contribution in [-0.4, -0.2) is 22.6 Å². The van der Waals surface area contributed by atoms with Gasteiger partial charge in [0.1, 0.15) is 17.1 Å². The molecule has 122 valence electrons. The Balaban J connectivity index is 2.21. The van der Waals surface area contributed by atoms with E-state index in [1.165, 1.54) is 7.11 Å². The number of para-hydroxylation sites is 1. The molecule has 1 amide bonds. The van der Waals surface area contributed by atoms with Crippen molar-refractivity contribution in [3.63, 3.8) is 0 Å². The minimum absolute atomic E-state index is 0.0243. The molecule has 2 aromatic heterocycles. The van der Waals surface area contributed by atoms with E-state index in [1.54, 1.807) is 29.0 Å². The number of anilines is 1. The highest BCUT2D eigenvalue weighted by atomic mass is 16.5. The Morgan fingerprint density at radius 2 is 1.96 bits per heavy atom. The first kappa shape index (κ1) is 15.7. The van der Waals surface area contributed by atoms with Gasteiger partial charge in [-0.3, -0.25) is 9.59 Å². The molecule has 0 spiro atoms. The number of nitrogens with one attached hydrogen (secondary N) is 1. The number of methoxy groups -OCH3 is 1. The second kappa shape index (κ2) is 6.54. The third-order valence-electron chi connectivity index (χ3n) is 3.78. The van der Waals surface area contributed by atoms with Crippen molar-refractivity contribution in [2.45, 2.75) is 13.5 Å². The van der Waals surface area contributed by atoms with Crippen LogP contribution < -0.4 is 15.6 Å². The zero-order valence-corrected chi connectivity index (χ0v) is 13.4. The topological polar surface area (TPSA) is 73.2 Å². The number of aromatic nitrogens is 2. The maximum atomic E-state index is 12.8. The molecule has 0 radical (unpaired) electrons. The van der Waals surface area contributed by atoms with Gasteiger partial charge in [0.2, 0.25) is 0 Å². The fourth-order valence-corrected chi connectivity index (χ4v) is 2.72. The van der Waals surface area contributed by atoms with Crippen LogP contribution in [0.2, 0.25) is 0 Å². The number of aryl methyl sites for hydroxylation is 1. The van der Waals surface area contributed by atoms with Gasteiger partial charge in [-0.2, -0.15) is 0 Å². The van der Waals surface area contributed by atoms with E-state index < -0.39 is 5.91 Å². The summed E-state index contributed by atoms with van der Waals surface area (Å²) in [6.45, 7) is 2.31. The summed E-state index contributed by atoms with van der Waals surface area (Å²) in [5.74, 6) is 0.109. The minimum Gasteiger partial charge on any atom is -0.495 e. The van der Waals surface area contributed by atoms with Crippen molar-refractivity contribution in [3.8, 4) is 5.75 Å². The summed E-state index contributed by atoms with van der Waals surface area (Å²) in [6.07, 6.45) is 1.57. The molecule has 0 unspecified atom stereocenters. The van der Waals surface area contributed by atoms with Gasteiger partial charge in [0.15, 0.2) is 0 Å². The molecular formula is C18H17N3O3. The number of rotatable bonds is 4. The summed E-state index contributed by atoms with van der Waals surface area (Å²) in [5.41, 5.74) is 0.321. The summed E-state index contributed by atoms with van der Waals surface area (Å²) in [7, 11) is 1.45. The van der Waals surface area contributed by atoms with Gasteiger partial charge in [0.05, 0.1) is 12.6 Å². The van der Waals surface area contributed by atoms with Crippen LogP contribution >= 0.6 is 0 Å². The summed E-state index contributed by atoms with van der Waals surface area (Å²) < 4.78 is 6.96. The molecule has 6 heteroatoms. The Hall–Kier alpha value is -3.15. The van der Waals surface area contributed by atoms with Crippen LogP contribution in [-0.2, 0) is 6.54 Å². The van der Waals surface area contributed by atoms with Crippen LogP contribution in [0.1, 0.15) is 17.3 Å². The Morgan fingerprint density at radius 1 is 1.21 bits per heavy atom. The van der Waals surface area contributed by atoms with Gasteiger partial charge in [-0.25, -0.2) is 4.98 Å². The minimum atomic E-state index is -0.538. The Kier molecular flexibility index (Phi) is 4.29. The second-order valence-electron chi connectivity index (χ2n) is 5.14. The quantitative estimate of drug-likeness (QED) is 0.801. The van der Waals surface area contributed by atoms with Crippen molar-refractivity contribution in [2.24, 2.45) is 0 Å². The molecule has 0 aliphatic carbocycles. The molecule has 3 aromatic rings. The second-order valence-corrected chi connectivity index (χ2v) is 5.14. The van der Waals surface area contributed by atoms with Gasteiger partial charge in [-0.15, -0.1) is 0 Å². The Labute approximate surface area is 138 Å². The average Bonchev–Trinajstić information content (AvgIpc) is 2.61. The van der Waals surface area contributed by atoms with Gasteiger partial charge in [-0.05, 0) is 31.2 Å². The highest BCUT2D eigenvalue weighted by molar-refractivity contribution is 6.08. The number of pyridine rings is 2. The maximum absolute atomic E-state index is 12.8. The van der Waals surface area contributed by atoms with Gasteiger partial charge < -0.3 is 14.6 Å². The van der Waals surface area contributed by atoms with Crippen molar-refractivity contribution in [1.29, 1.82) is 0 Å². The van der Waals surface area contributed by atoms with Crippen LogP contribution in [0.25, 0.3) is 10.9 Å². The van der Waals surface area contributed by atoms with E-state index in [-0.39, 0.29) is 16.9 Å². The third-order valence-corrected chi connectivity index (χ3v) is 3.78. The first-order valence-corrected chi connectivity index (χ1v) is 7.59. The predicted molar refractivity (Wildman–Crippen MR) is 92.6 cm³/mol. The zero-order valence-electron chi connectivity index (χ0n) is 13.4. The van der Waals surface area contributed by atoms with Gasteiger partial charge in [-0.1, -0.05) is 18.2 Å². The highest BCUT2D eigenvalue weighted by Gasteiger charge is 2.23. The van der Waals surface area contributed by atoms with E-state index in [9.17, 15) is 9.59 Å². The molecule has 24 heavy (non-hydrogen) atoms. The lowest BCUT2D eigenvalue weighted by atomic mass is 10.1. The van der Waals surface area contributed by atoms with Gasteiger partial charge >= 0.3 is 0 Å². The molecule has 0 aliphatic heterocycles. The van der Waals surface area contributed by atoms with Crippen LogP contribution in [0.4, 0.5) is 5.82 Å². The molecule has 0 aliphatic rings. The first-order chi connectivity index (χ1) is 11.7. The van der Waals surface area contributed by atoms with E-state index >= 15 is 0 Å². The fraction of sp³-hybridized carbons (Fsp3) is 0.167. The van der Waals surface area contributed by atoms with Crippen molar-refractivity contribution in [1.82, 2.24) is 9.55 Å². The summed E-state index contributed by atoms with van der Waals surface area (Å²) >= 11 is 0. The van der Waals surface area contributed by atoms with Crippen molar-refractivity contribution in [3.05, 3.63) is 64.6 Å². The smallest absolute Gasteiger partial charge is 0.267 e. The predicted octanol–water partition coefficient (Wildman–Crippen LogP) is 2.68. The molecule has 1 aromatic carbocycles. The molecule has 0 atom stereocenters. The standard InChI is InChI=1S/C18H17N3O3/c1-3-21-13-9-5-4-8-12(13)16(24-2)15(18(21)23)17(22)20-14-10-6-7-11-19-14/h4-11H,3H2,1-2H3,(H,19,20,22). The average molecular weight is 323 g/mol. The molecular weight excluding hydrogens is 306 g/mol. The van der Waals surface area contributed by atoms with Crippen LogP contribution in [0, 0.1) is 0 Å². The molecule has 0 saturated carbocycles. The highest BCUT2D eigenvalue weighted by Crippen LogP contribution is 2.27. The number of fused-ring (bicyclic) bond motifs is 1. The van der Waals surface area contributed by atoms with Crippen LogP contribution in [0.15, 0.2) is 53.5 Å². The van der Waals surface area contributed by atoms with E-state index in [4.69, 9.17) is 4.74 Å². The normalized spacial score (nSPS) is 10.6. The molecule has 1 N–H and O–H groups in total. The molecule has 6 nitrogen and oxygen atoms in total. The number of carbonyl (C=O) groups excluding carboxylic acids is 1. The van der Waals surface area contributed by atoms with Crippen molar-refractivity contribution < 1.29 is 9.53 Å². The lowest BCUT2D eigenvalue weighted by Crippen LogP contribution is -2.30. The SMILES string of the molecule is CCn1c(=O)c(C(=O)Nc2ccccn2)c(OC)c2ccccc21. The lowest BCUT2D eigenvalue weighted by molar-refractivity contribution is 0.102. The van der Waals surface area contributed by atoms with E-state index in [0.29, 0.717) is 17.7 Å². The number of ether oxygens (including phenoxy) is 1. The number of carbonyl (C=O) groups is 1. The Bertz CT molecular complexity index is 949. The summed E-state index contributed by atoms with van der Waals surface area (Å²) in [4.78, 5) is 29.6. The zero-order chi connectivity index (χ0) is 17.1. The molecule has 0 fully saturated rings. The van der Waals surface area contributed by atoms with Crippen molar-refractivity contribution in [2.75, 3.05) is 12.4 Å². The van der Waals surface area contributed by atoms with E-state index in [0.717, 1.165) is 5.52 Å². The van der Waals surface area contributed by atoms with E-state index in [2.05, 4.69) is 10.3 Å². The monoisotopic (exact) mass is 323 g/mol. The van der Waals surface area contributed by atoms with Crippen LogP contribution in [0.3, 0.4) is 0 Å². The molecule has 2 heterocycles. The maximum Gasteiger partial charge on any atom is 0.267 e. The number of amides is 1. The molecule has 0 saturated heterocycles. The van der Waals surface area contributed by atoms with Gasteiger partial charge in [0, 0.05) is 18.1 Å². The summed E-state index contributed by atoms with van der Waals surface area (Å²) in [5, 5.41) is 3.36. The van der Waals surface area contributed by atoms with Gasteiger partial charge in [0.25, 0.3) is 11.5 Å². The first-order valence-electron chi connectivity index (χ1n) is 7.59. The summed E-state index contributed by atoms with van der Waals surface area (Å²) in [6, 6.07) is 12.5. The number of hydrogen-bond acceptors (Lipinski definition) is 4. The van der Waals surface area contributed by atoms with Crippen LogP contribution in [0.5, 0.6) is 5.75 Å². The van der Waals surface area contributed by atoms with Crippen molar-refractivity contribution >= 4 is 22.6 Å². The lowest BCUT2D eigenvalue weighted by Gasteiger charge is -2.15. The molecule has 0 bridgehead atoms.